The van der Waals surface area contributed by atoms with Gasteiger partial charge in [-0.1, -0.05) is 15.9 Å². The Kier molecular flexibility index (Phi) is 4.17. The van der Waals surface area contributed by atoms with E-state index in [1.165, 1.54) is 0 Å². The fourth-order valence-corrected chi connectivity index (χ4v) is 1.57. The molecule has 2 N–H and O–H groups in total. The summed E-state index contributed by atoms with van der Waals surface area (Å²) in [6.07, 6.45) is -3.33. The summed E-state index contributed by atoms with van der Waals surface area (Å²) < 4.78 is 25.0. The van der Waals surface area contributed by atoms with E-state index in [4.69, 9.17) is 5.11 Å². The molecular formula is C9H8BrF2NO3. The van der Waals surface area contributed by atoms with Crippen molar-refractivity contribution in [3.63, 3.8) is 0 Å². The molecule has 0 spiro atoms. The number of aliphatic carboxylic acids is 1. The summed E-state index contributed by atoms with van der Waals surface area (Å²) in [4.78, 5) is 14.2. The maximum absolute atomic E-state index is 12.5. The molecule has 0 saturated heterocycles. The standard InChI is InChI=1S/C9H8BrF2NO3/c10-3-6-8(16)5(9(11)12)1-4(13-6)2-7(14)15/h1,9,16H,2-3H2,(H,14,15). The molecule has 1 heterocycles. The SMILES string of the molecule is O=C(O)Cc1cc(C(F)F)c(O)c(CBr)n1. The molecule has 1 aromatic heterocycles. The third-order valence-corrected chi connectivity index (χ3v) is 2.37. The zero-order valence-corrected chi connectivity index (χ0v) is 9.54. The summed E-state index contributed by atoms with van der Waals surface area (Å²) in [5.41, 5.74) is -0.593. The van der Waals surface area contributed by atoms with Crippen molar-refractivity contribution < 1.29 is 23.8 Å². The lowest BCUT2D eigenvalue weighted by Crippen LogP contribution is -2.05. The molecule has 0 saturated carbocycles. The van der Waals surface area contributed by atoms with Gasteiger partial charge in [-0.25, -0.2) is 8.78 Å². The molecule has 0 fully saturated rings. The van der Waals surface area contributed by atoms with Crippen LogP contribution in [0.15, 0.2) is 6.07 Å². The van der Waals surface area contributed by atoms with Crippen LogP contribution in [0.3, 0.4) is 0 Å². The fraction of sp³-hybridized carbons (Fsp3) is 0.333. The molecule has 0 unspecified atom stereocenters. The Hall–Kier alpha value is -1.24. The van der Waals surface area contributed by atoms with Crippen molar-refractivity contribution in [2.24, 2.45) is 0 Å². The molecule has 7 heteroatoms. The Morgan fingerprint density at radius 3 is 2.62 bits per heavy atom. The van der Waals surface area contributed by atoms with E-state index < -0.39 is 30.1 Å². The molecule has 0 atom stereocenters. The van der Waals surface area contributed by atoms with Gasteiger partial charge in [-0.2, -0.15) is 0 Å². The second-order valence-corrected chi connectivity index (χ2v) is 3.56. The highest BCUT2D eigenvalue weighted by molar-refractivity contribution is 9.08. The summed E-state index contributed by atoms with van der Waals surface area (Å²) in [7, 11) is 0. The van der Waals surface area contributed by atoms with E-state index in [0.717, 1.165) is 6.07 Å². The van der Waals surface area contributed by atoms with E-state index in [0.29, 0.717) is 0 Å². The number of hydrogen-bond donors (Lipinski definition) is 2. The zero-order valence-electron chi connectivity index (χ0n) is 7.95. The highest BCUT2D eigenvalue weighted by Gasteiger charge is 2.19. The van der Waals surface area contributed by atoms with Crippen LogP contribution in [0.4, 0.5) is 8.78 Å². The highest BCUT2D eigenvalue weighted by Crippen LogP contribution is 2.32. The molecule has 0 aromatic carbocycles. The number of carboxylic acids is 1. The summed E-state index contributed by atoms with van der Waals surface area (Å²) >= 11 is 2.98. The van der Waals surface area contributed by atoms with Crippen molar-refractivity contribution in [1.29, 1.82) is 0 Å². The molecule has 0 aliphatic carbocycles. The minimum absolute atomic E-state index is 0.00458. The largest absolute Gasteiger partial charge is 0.505 e. The Morgan fingerprint density at radius 1 is 1.56 bits per heavy atom. The lowest BCUT2D eigenvalue weighted by Gasteiger charge is -2.09. The van der Waals surface area contributed by atoms with E-state index in [-0.39, 0.29) is 16.7 Å². The minimum Gasteiger partial charge on any atom is -0.505 e. The van der Waals surface area contributed by atoms with E-state index in [1.54, 1.807) is 0 Å². The number of carbonyl (C=O) groups is 1. The van der Waals surface area contributed by atoms with Crippen LogP contribution in [0.1, 0.15) is 23.4 Å². The molecule has 16 heavy (non-hydrogen) atoms. The first-order valence-corrected chi connectivity index (χ1v) is 5.35. The lowest BCUT2D eigenvalue weighted by atomic mass is 10.1. The maximum Gasteiger partial charge on any atom is 0.309 e. The van der Waals surface area contributed by atoms with Crippen LogP contribution >= 0.6 is 15.9 Å². The summed E-state index contributed by atoms with van der Waals surface area (Å²) in [5.74, 6) is -1.76. The van der Waals surface area contributed by atoms with Crippen molar-refractivity contribution in [1.82, 2.24) is 4.98 Å². The van der Waals surface area contributed by atoms with Crippen molar-refractivity contribution in [3.05, 3.63) is 23.0 Å². The first-order chi connectivity index (χ1) is 7.45. The van der Waals surface area contributed by atoms with E-state index in [2.05, 4.69) is 20.9 Å². The first kappa shape index (κ1) is 12.8. The quantitative estimate of drug-likeness (QED) is 0.836. The third kappa shape index (κ3) is 2.88. The Balaban J connectivity index is 3.22. The highest BCUT2D eigenvalue weighted by atomic mass is 79.9. The number of pyridine rings is 1. The van der Waals surface area contributed by atoms with Crippen LogP contribution in [0.5, 0.6) is 5.75 Å². The van der Waals surface area contributed by atoms with Gasteiger partial charge in [0.2, 0.25) is 0 Å². The summed E-state index contributed by atoms with van der Waals surface area (Å²) in [6, 6.07) is 0.903. The number of rotatable bonds is 4. The average Bonchev–Trinajstić information content (AvgIpc) is 2.19. The molecular weight excluding hydrogens is 288 g/mol. The summed E-state index contributed by atoms with van der Waals surface area (Å²) in [5, 5.41) is 18.0. The zero-order chi connectivity index (χ0) is 12.3. The van der Waals surface area contributed by atoms with E-state index in [1.807, 2.05) is 0 Å². The normalized spacial score (nSPS) is 10.8. The number of alkyl halides is 3. The number of hydrogen-bond acceptors (Lipinski definition) is 3. The van der Waals surface area contributed by atoms with Crippen LogP contribution in [0.25, 0.3) is 0 Å². The second-order valence-electron chi connectivity index (χ2n) is 3.00. The van der Waals surface area contributed by atoms with Gasteiger partial charge in [0, 0.05) is 5.33 Å². The third-order valence-electron chi connectivity index (χ3n) is 1.84. The Bertz CT molecular complexity index is 412. The Labute approximate surface area is 98.1 Å². The van der Waals surface area contributed by atoms with Gasteiger partial charge in [0.25, 0.3) is 6.43 Å². The second kappa shape index (κ2) is 5.20. The predicted octanol–water partition coefficient (Wildman–Crippen LogP) is 2.25. The van der Waals surface area contributed by atoms with Gasteiger partial charge < -0.3 is 10.2 Å². The maximum atomic E-state index is 12.5. The van der Waals surface area contributed by atoms with Crippen molar-refractivity contribution >= 4 is 21.9 Å². The van der Waals surface area contributed by atoms with Gasteiger partial charge >= 0.3 is 5.97 Å². The predicted molar refractivity (Wildman–Crippen MR) is 54.8 cm³/mol. The number of carboxylic acid groups (broad SMARTS) is 1. The lowest BCUT2D eigenvalue weighted by molar-refractivity contribution is -0.136. The van der Waals surface area contributed by atoms with Gasteiger partial charge in [0.15, 0.2) is 0 Å². The van der Waals surface area contributed by atoms with E-state index >= 15 is 0 Å². The van der Waals surface area contributed by atoms with Crippen molar-refractivity contribution in [2.75, 3.05) is 0 Å². The summed E-state index contributed by atoms with van der Waals surface area (Å²) in [6.45, 7) is 0. The Morgan fingerprint density at radius 2 is 2.19 bits per heavy atom. The number of aromatic hydroxyl groups is 1. The average molecular weight is 296 g/mol. The van der Waals surface area contributed by atoms with E-state index in [9.17, 15) is 18.7 Å². The van der Waals surface area contributed by atoms with Crippen LogP contribution in [-0.2, 0) is 16.5 Å². The van der Waals surface area contributed by atoms with Crippen LogP contribution < -0.4 is 0 Å². The van der Waals surface area contributed by atoms with Gasteiger partial charge in [0.05, 0.1) is 23.4 Å². The van der Waals surface area contributed by atoms with Gasteiger partial charge in [-0.05, 0) is 6.07 Å². The molecule has 1 rings (SSSR count). The topological polar surface area (TPSA) is 70.4 Å². The van der Waals surface area contributed by atoms with Gasteiger partial charge in [-0.3, -0.25) is 9.78 Å². The minimum atomic E-state index is -2.87. The molecule has 88 valence electrons. The molecule has 4 nitrogen and oxygen atoms in total. The monoisotopic (exact) mass is 295 g/mol. The van der Waals surface area contributed by atoms with Crippen LogP contribution in [0, 0.1) is 0 Å². The number of halogens is 3. The van der Waals surface area contributed by atoms with Crippen LogP contribution in [0.2, 0.25) is 0 Å². The van der Waals surface area contributed by atoms with Crippen LogP contribution in [-0.4, -0.2) is 21.2 Å². The molecule has 0 aliphatic heterocycles. The molecule has 0 radical (unpaired) electrons. The molecule has 0 amide bonds. The first-order valence-electron chi connectivity index (χ1n) is 4.23. The van der Waals surface area contributed by atoms with Crippen molar-refractivity contribution in [2.45, 2.75) is 18.2 Å². The van der Waals surface area contributed by atoms with Crippen molar-refractivity contribution in [3.8, 4) is 5.75 Å². The molecule has 0 aliphatic rings. The smallest absolute Gasteiger partial charge is 0.309 e. The number of aromatic nitrogens is 1. The molecule has 0 bridgehead atoms. The molecule has 1 aromatic rings. The van der Waals surface area contributed by atoms with Gasteiger partial charge in [-0.15, -0.1) is 0 Å². The fourth-order valence-electron chi connectivity index (χ4n) is 1.18. The van der Waals surface area contributed by atoms with Gasteiger partial charge in [0.1, 0.15) is 5.75 Å². The number of nitrogens with zero attached hydrogens (tertiary/aromatic N) is 1.